The molecule has 1 atom stereocenters. The minimum absolute atomic E-state index is 0.159. The van der Waals surface area contributed by atoms with Crippen LogP contribution in [0.25, 0.3) is 11.3 Å². The monoisotopic (exact) mass is 403 g/mol. The number of carbonyl (C=O) groups excluding carboxylic acids is 1. The van der Waals surface area contributed by atoms with Crippen molar-refractivity contribution in [2.24, 2.45) is 0 Å². The lowest BCUT2D eigenvalue weighted by atomic mass is 10.1. The van der Waals surface area contributed by atoms with Crippen LogP contribution in [-0.4, -0.2) is 36.5 Å². The first-order valence-electron chi connectivity index (χ1n) is 8.30. The van der Waals surface area contributed by atoms with E-state index in [9.17, 15) is 4.79 Å². The Bertz CT molecular complexity index is 976. The van der Waals surface area contributed by atoms with Gasteiger partial charge in [-0.1, -0.05) is 23.7 Å². The molecule has 8 nitrogen and oxygen atoms in total. The number of halogens is 1. The SMILES string of the molecule is COc1ccc(-c2nonc2NC(=O)[C@@H](C)Oc2ccccc2Cl)cc1OC. The number of nitrogens with zero attached hydrogens (tertiary/aromatic N) is 2. The zero-order chi connectivity index (χ0) is 20.1. The van der Waals surface area contributed by atoms with E-state index in [1.165, 1.54) is 7.11 Å². The molecule has 0 bridgehead atoms. The van der Waals surface area contributed by atoms with Crippen molar-refractivity contribution in [2.75, 3.05) is 19.5 Å². The van der Waals surface area contributed by atoms with Gasteiger partial charge in [0.15, 0.2) is 23.3 Å². The fourth-order valence-electron chi connectivity index (χ4n) is 2.45. The molecule has 0 aliphatic rings. The van der Waals surface area contributed by atoms with E-state index in [-0.39, 0.29) is 5.82 Å². The predicted molar refractivity (Wildman–Crippen MR) is 103 cm³/mol. The third kappa shape index (κ3) is 4.17. The molecular formula is C19H18ClN3O5. The Kier molecular flexibility index (Phi) is 6.00. The van der Waals surface area contributed by atoms with Gasteiger partial charge in [-0.25, -0.2) is 4.63 Å². The van der Waals surface area contributed by atoms with Gasteiger partial charge in [0.05, 0.1) is 19.2 Å². The molecule has 1 amide bonds. The van der Waals surface area contributed by atoms with Crippen LogP contribution in [0.1, 0.15) is 6.92 Å². The Morgan fingerprint density at radius 2 is 1.82 bits per heavy atom. The van der Waals surface area contributed by atoms with Gasteiger partial charge in [-0.2, -0.15) is 0 Å². The van der Waals surface area contributed by atoms with E-state index < -0.39 is 12.0 Å². The van der Waals surface area contributed by atoms with Gasteiger partial charge >= 0.3 is 0 Å². The minimum Gasteiger partial charge on any atom is -0.493 e. The molecule has 0 unspecified atom stereocenters. The Balaban J connectivity index is 1.77. The van der Waals surface area contributed by atoms with Gasteiger partial charge in [0.25, 0.3) is 5.91 Å². The fourth-order valence-corrected chi connectivity index (χ4v) is 2.63. The van der Waals surface area contributed by atoms with Crippen LogP contribution in [0.5, 0.6) is 17.2 Å². The highest BCUT2D eigenvalue weighted by molar-refractivity contribution is 6.32. The molecule has 0 radical (unpaired) electrons. The maximum absolute atomic E-state index is 12.5. The summed E-state index contributed by atoms with van der Waals surface area (Å²) in [5, 5.41) is 10.7. The standard InChI is InChI=1S/C19H18ClN3O5/c1-11(27-14-7-5-4-6-13(14)20)19(24)21-18-17(22-28-23-18)12-8-9-15(25-2)16(10-12)26-3/h4-11H,1-3H3,(H,21,23,24)/t11-/m1/s1. The first kappa shape index (κ1) is 19.5. The maximum Gasteiger partial charge on any atom is 0.266 e. The smallest absolute Gasteiger partial charge is 0.266 e. The third-order valence-electron chi connectivity index (χ3n) is 3.90. The highest BCUT2D eigenvalue weighted by Crippen LogP contribution is 2.34. The lowest BCUT2D eigenvalue weighted by Gasteiger charge is -2.15. The van der Waals surface area contributed by atoms with Crippen molar-refractivity contribution in [3.8, 4) is 28.5 Å². The second kappa shape index (κ2) is 8.62. The van der Waals surface area contributed by atoms with Gasteiger partial charge in [0.2, 0.25) is 5.82 Å². The molecule has 3 aromatic rings. The van der Waals surface area contributed by atoms with Crippen LogP contribution in [-0.2, 0) is 4.79 Å². The summed E-state index contributed by atoms with van der Waals surface area (Å²) in [6, 6.07) is 12.1. The summed E-state index contributed by atoms with van der Waals surface area (Å²) in [5.74, 6) is 1.21. The quantitative estimate of drug-likeness (QED) is 0.640. The Morgan fingerprint density at radius 3 is 2.54 bits per heavy atom. The number of methoxy groups -OCH3 is 2. The summed E-state index contributed by atoms with van der Waals surface area (Å²) in [4.78, 5) is 12.5. The van der Waals surface area contributed by atoms with Crippen molar-refractivity contribution < 1.29 is 23.6 Å². The van der Waals surface area contributed by atoms with E-state index in [2.05, 4.69) is 15.6 Å². The second-order valence-corrected chi connectivity index (χ2v) is 6.12. The Morgan fingerprint density at radius 1 is 1.07 bits per heavy atom. The van der Waals surface area contributed by atoms with Crippen LogP contribution in [0.2, 0.25) is 5.02 Å². The van der Waals surface area contributed by atoms with Crippen molar-refractivity contribution in [1.29, 1.82) is 0 Å². The average Bonchev–Trinajstić information content (AvgIpc) is 3.17. The molecule has 0 fully saturated rings. The van der Waals surface area contributed by atoms with Crippen molar-refractivity contribution in [3.63, 3.8) is 0 Å². The number of hydrogen-bond acceptors (Lipinski definition) is 7. The number of para-hydroxylation sites is 1. The van der Waals surface area contributed by atoms with E-state index in [1.807, 2.05) is 0 Å². The molecule has 9 heteroatoms. The highest BCUT2D eigenvalue weighted by atomic mass is 35.5. The minimum atomic E-state index is -0.824. The van der Waals surface area contributed by atoms with Crippen molar-refractivity contribution in [1.82, 2.24) is 10.3 Å². The number of rotatable bonds is 7. The molecule has 0 saturated heterocycles. The van der Waals surface area contributed by atoms with Crippen molar-refractivity contribution in [3.05, 3.63) is 47.5 Å². The summed E-state index contributed by atoms with van der Waals surface area (Å²) in [5.41, 5.74) is 0.980. The summed E-state index contributed by atoms with van der Waals surface area (Å²) in [6.07, 6.45) is -0.824. The number of benzene rings is 2. The van der Waals surface area contributed by atoms with Crippen LogP contribution in [0.3, 0.4) is 0 Å². The van der Waals surface area contributed by atoms with Crippen LogP contribution >= 0.6 is 11.6 Å². The van der Waals surface area contributed by atoms with E-state index >= 15 is 0 Å². The van der Waals surface area contributed by atoms with Gasteiger partial charge in [0, 0.05) is 5.56 Å². The van der Waals surface area contributed by atoms with Crippen LogP contribution in [0, 0.1) is 0 Å². The molecule has 0 aliphatic heterocycles. The lowest BCUT2D eigenvalue weighted by molar-refractivity contribution is -0.122. The summed E-state index contributed by atoms with van der Waals surface area (Å²) >= 11 is 6.06. The first-order valence-corrected chi connectivity index (χ1v) is 8.68. The van der Waals surface area contributed by atoms with Gasteiger partial charge in [-0.05, 0) is 47.6 Å². The normalized spacial score (nSPS) is 11.6. The Labute approximate surface area is 166 Å². The van der Waals surface area contributed by atoms with E-state index in [0.29, 0.717) is 33.5 Å². The molecule has 3 rings (SSSR count). The average molecular weight is 404 g/mol. The predicted octanol–water partition coefficient (Wildman–Crippen LogP) is 3.81. The van der Waals surface area contributed by atoms with Gasteiger partial charge in [-0.15, -0.1) is 0 Å². The highest BCUT2D eigenvalue weighted by Gasteiger charge is 2.21. The summed E-state index contributed by atoms with van der Waals surface area (Å²) in [6.45, 7) is 1.60. The largest absolute Gasteiger partial charge is 0.493 e. The van der Waals surface area contributed by atoms with Crippen LogP contribution in [0.4, 0.5) is 5.82 Å². The molecule has 146 valence electrons. The molecule has 0 spiro atoms. The number of aromatic nitrogens is 2. The van der Waals surface area contributed by atoms with Crippen molar-refractivity contribution in [2.45, 2.75) is 13.0 Å². The fraction of sp³-hybridized carbons (Fsp3) is 0.211. The summed E-state index contributed by atoms with van der Waals surface area (Å²) in [7, 11) is 3.07. The van der Waals surface area contributed by atoms with Crippen molar-refractivity contribution >= 4 is 23.3 Å². The van der Waals surface area contributed by atoms with E-state index in [0.717, 1.165) is 0 Å². The number of ether oxygens (including phenoxy) is 3. The molecule has 2 aromatic carbocycles. The number of hydrogen-bond donors (Lipinski definition) is 1. The molecule has 1 aromatic heterocycles. The molecule has 1 heterocycles. The molecule has 0 saturated carbocycles. The molecular weight excluding hydrogens is 386 g/mol. The summed E-state index contributed by atoms with van der Waals surface area (Å²) < 4.78 is 20.9. The van der Waals surface area contributed by atoms with Crippen LogP contribution in [0.15, 0.2) is 47.1 Å². The molecule has 28 heavy (non-hydrogen) atoms. The van der Waals surface area contributed by atoms with Gasteiger partial charge in [0.1, 0.15) is 5.75 Å². The number of carbonyl (C=O) groups is 1. The number of anilines is 1. The zero-order valence-electron chi connectivity index (χ0n) is 15.4. The zero-order valence-corrected chi connectivity index (χ0v) is 16.2. The van der Waals surface area contributed by atoms with E-state index in [1.54, 1.807) is 56.5 Å². The third-order valence-corrected chi connectivity index (χ3v) is 4.21. The van der Waals surface area contributed by atoms with E-state index in [4.69, 9.17) is 30.4 Å². The molecule has 0 aliphatic carbocycles. The number of nitrogens with one attached hydrogen (secondary N) is 1. The number of amides is 1. The second-order valence-electron chi connectivity index (χ2n) is 5.71. The lowest BCUT2D eigenvalue weighted by Crippen LogP contribution is -2.30. The van der Waals surface area contributed by atoms with Crippen LogP contribution < -0.4 is 19.5 Å². The first-order chi connectivity index (χ1) is 13.5. The topological polar surface area (TPSA) is 95.7 Å². The van der Waals surface area contributed by atoms with Gasteiger partial charge < -0.3 is 19.5 Å². The maximum atomic E-state index is 12.5. The molecule has 1 N–H and O–H groups in total. The van der Waals surface area contributed by atoms with Gasteiger partial charge in [-0.3, -0.25) is 4.79 Å². The Hall–Kier alpha value is -3.26.